The first-order valence-corrected chi connectivity index (χ1v) is 6.73. The average Bonchev–Trinajstić information content (AvgIpc) is 2.33. The van der Waals surface area contributed by atoms with E-state index < -0.39 is 11.7 Å². The van der Waals surface area contributed by atoms with Crippen LogP contribution in [0.15, 0.2) is 30.3 Å². The van der Waals surface area contributed by atoms with Crippen LogP contribution in [-0.4, -0.2) is 0 Å². The molecular formula is C13H5Cl4F3. The van der Waals surface area contributed by atoms with Crippen LogP contribution in [0.2, 0.25) is 20.1 Å². The zero-order valence-corrected chi connectivity index (χ0v) is 12.6. The van der Waals surface area contributed by atoms with E-state index in [-0.39, 0.29) is 25.7 Å². The van der Waals surface area contributed by atoms with Crippen LogP contribution in [-0.2, 0) is 6.18 Å². The Morgan fingerprint density at radius 2 is 1.30 bits per heavy atom. The summed E-state index contributed by atoms with van der Waals surface area (Å²) in [6.07, 6.45) is -4.55. The Kier molecular flexibility index (Phi) is 4.45. The lowest BCUT2D eigenvalue weighted by atomic mass is 10.0. The Bertz CT molecular complexity index is 665. The molecule has 0 amide bonds. The van der Waals surface area contributed by atoms with Crippen molar-refractivity contribution in [1.29, 1.82) is 0 Å². The molecule has 0 aliphatic heterocycles. The lowest BCUT2D eigenvalue weighted by Crippen LogP contribution is -2.05. The molecule has 0 bridgehead atoms. The first-order valence-electron chi connectivity index (χ1n) is 5.22. The van der Waals surface area contributed by atoms with Gasteiger partial charge >= 0.3 is 6.18 Å². The lowest BCUT2D eigenvalue weighted by molar-refractivity contribution is -0.137. The van der Waals surface area contributed by atoms with Crippen molar-refractivity contribution in [2.75, 3.05) is 0 Å². The summed E-state index contributed by atoms with van der Waals surface area (Å²) in [4.78, 5) is 0. The highest BCUT2D eigenvalue weighted by Crippen LogP contribution is 2.40. The first-order chi connectivity index (χ1) is 9.20. The van der Waals surface area contributed by atoms with Crippen LogP contribution in [0, 0.1) is 0 Å². The van der Waals surface area contributed by atoms with E-state index in [4.69, 9.17) is 46.4 Å². The highest BCUT2D eigenvalue weighted by molar-refractivity contribution is 6.44. The molecular weight excluding hydrogens is 355 g/mol. The molecule has 0 aliphatic rings. The molecule has 0 unspecified atom stereocenters. The summed E-state index contributed by atoms with van der Waals surface area (Å²) in [5, 5.41) is 0.257. The van der Waals surface area contributed by atoms with Gasteiger partial charge in [-0.05, 0) is 29.8 Å². The predicted molar refractivity (Wildman–Crippen MR) is 76.9 cm³/mol. The van der Waals surface area contributed by atoms with Crippen LogP contribution >= 0.6 is 46.4 Å². The third-order valence-electron chi connectivity index (χ3n) is 2.59. The highest BCUT2D eigenvalue weighted by atomic mass is 35.5. The zero-order valence-electron chi connectivity index (χ0n) is 9.53. The molecule has 0 N–H and O–H groups in total. The van der Waals surface area contributed by atoms with Crippen molar-refractivity contribution in [3.8, 4) is 11.1 Å². The van der Waals surface area contributed by atoms with Gasteiger partial charge in [0.05, 0.1) is 20.6 Å². The van der Waals surface area contributed by atoms with Crippen LogP contribution < -0.4 is 0 Å². The van der Waals surface area contributed by atoms with E-state index in [1.165, 1.54) is 24.3 Å². The Labute approximate surface area is 133 Å². The average molecular weight is 360 g/mol. The molecule has 0 nitrogen and oxygen atoms in total. The SMILES string of the molecule is FC(F)(F)c1cc(-c2cc(Cl)c(Cl)cc2Cl)ccc1Cl. The minimum absolute atomic E-state index is 0.203. The zero-order chi connectivity index (χ0) is 15.1. The van der Waals surface area contributed by atoms with E-state index in [0.29, 0.717) is 5.56 Å². The number of alkyl halides is 3. The molecule has 0 heterocycles. The summed E-state index contributed by atoms with van der Waals surface area (Å²) in [6.45, 7) is 0. The molecule has 2 aromatic rings. The molecule has 0 aliphatic carbocycles. The van der Waals surface area contributed by atoms with Crippen molar-refractivity contribution in [3.05, 3.63) is 56.0 Å². The maximum atomic E-state index is 12.8. The summed E-state index contributed by atoms with van der Waals surface area (Å²) in [5.74, 6) is 0. The molecule has 7 heteroatoms. The fourth-order valence-electron chi connectivity index (χ4n) is 1.65. The second-order valence-corrected chi connectivity index (χ2v) is 5.57. The normalized spacial score (nSPS) is 11.8. The van der Waals surface area contributed by atoms with Gasteiger partial charge in [0, 0.05) is 10.6 Å². The number of benzene rings is 2. The fourth-order valence-corrected chi connectivity index (χ4v) is 2.53. The summed E-state index contributed by atoms with van der Waals surface area (Å²) >= 11 is 23.2. The van der Waals surface area contributed by atoms with Gasteiger partial charge in [-0.3, -0.25) is 0 Å². The molecule has 2 rings (SSSR count). The summed E-state index contributed by atoms with van der Waals surface area (Å²) in [5.41, 5.74) is -0.327. The van der Waals surface area contributed by atoms with Gasteiger partial charge in [0.1, 0.15) is 0 Å². The van der Waals surface area contributed by atoms with Gasteiger partial charge in [0.25, 0.3) is 0 Å². The molecule has 0 atom stereocenters. The van der Waals surface area contributed by atoms with E-state index in [1.54, 1.807) is 0 Å². The Morgan fingerprint density at radius 3 is 1.90 bits per heavy atom. The van der Waals surface area contributed by atoms with Crippen LogP contribution in [0.4, 0.5) is 13.2 Å². The standard InChI is InChI=1S/C13H5Cl4F3/c14-9-2-1-6(3-8(9)13(18,19)20)7-4-11(16)12(17)5-10(7)15/h1-5H. The minimum atomic E-state index is -4.55. The predicted octanol–water partition coefficient (Wildman–Crippen LogP) is 6.99. The molecule has 2 aromatic carbocycles. The van der Waals surface area contributed by atoms with E-state index >= 15 is 0 Å². The Hall–Kier alpha value is -0.610. The summed E-state index contributed by atoms with van der Waals surface area (Å²) < 4.78 is 38.5. The van der Waals surface area contributed by atoms with E-state index in [0.717, 1.165) is 6.07 Å². The van der Waals surface area contributed by atoms with Gasteiger partial charge < -0.3 is 0 Å². The summed E-state index contributed by atoms with van der Waals surface area (Å²) in [7, 11) is 0. The molecule has 106 valence electrons. The van der Waals surface area contributed by atoms with Crippen LogP contribution in [0.5, 0.6) is 0 Å². The maximum Gasteiger partial charge on any atom is 0.417 e. The Morgan fingerprint density at radius 1 is 0.700 bits per heavy atom. The topological polar surface area (TPSA) is 0 Å². The molecule has 20 heavy (non-hydrogen) atoms. The molecule has 0 aromatic heterocycles. The maximum absolute atomic E-state index is 12.8. The fraction of sp³-hybridized carbons (Fsp3) is 0.0769. The van der Waals surface area contributed by atoms with Crippen molar-refractivity contribution < 1.29 is 13.2 Å². The number of rotatable bonds is 1. The highest BCUT2D eigenvalue weighted by Gasteiger charge is 2.33. The second-order valence-electron chi connectivity index (χ2n) is 3.94. The Balaban J connectivity index is 2.63. The number of hydrogen-bond acceptors (Lipinski definition) is 0. The van der Waals surface area contributed by atoms with E-state index in [1.807, 2.05) is 0 Å². The molecule has 0 fully saturated rings. The van der Waals surface area contributed by atoms with Crippen molar-refractivity contribution >= 4 is 46.4 Å². The molecule has 0 spiro atoms. The van der Waals surface area contributed by atoms with E-state index in [9.17, 15) is 13.2 Å². The van der Waals surface area contributed by atoms with Gasteiger partial charge in [-0.2, -0.15) is 13.2 Å². The van der Waals surface area contributed by atoms with Crippen molar-refractivity contribution in [2.24, 2.45) is 0 Å². The van der Waals surface area contributed by atoms with E-state index in [2.05, 4.69) is 0 Å². The number of hydrogen-bond donors (Lipinski definition) is 0. The molecule has 0 radical (unpaired) electrons. The van der Waals surface area contributed by atoms with Gasteiger partial charge in [-0.1, -0.05) is 52.5 Å². The smallest absolute Gasteiger partial charge is 0.166 e. The second kappa shape index (κ2) is 5.64. The van der Waals surface area contributed by atoms with Gasteiger partial charge in [-0.25, -0.2) is 0 Å². The molecule has 0 saturated heterocycles. The van der Waals surface area contributed by atoms with Crippen molar-refractivity contribution in [1.82, 2.24) is 0 Å². The van der Waals surface area contributed by atoms with Crippen LogP contribution in [0.25, 0.3) is 11.1 Å². The van der Waals surface area contributed by atoms with Crippen LogP contribution in [0.1, 0.15) is 5.56 Å². The largest absolute Gasteiger partial charge is 0.417 e. The van der Waals surface area contributed by atoms with Crippen molar-refractivity contribution in [2.45, 2.75) is 6.18 Å². The summed E-state index contributed by atoms with van der Waals surface area (Å²) in [6, 6.07) is 6.31. The quantitative estimate of drug-likeness (QED) is 0.481. The van der Waals surface area contributed by atoms with Crippen LogP contribution in [0.3, 0.4) is 0 Å². The number of halogens is 7. The molecule has 0 saturated carbocycles. The lowest BCUT2D eigenvalue weighted by Gasteiger charge is -2.12. The van der Waals surface area contributed by atoms with Crippen molar-refractivity contribution in [3.63, 3.8) is 0 Å². The monoisotopic (exact) mass is 358 g/mol. The minimum Gasteiger partial charge on any atom is -0.166 e. The van der Waals surface area contributed by atoms with Gasteiger partial charge in [0.2, 0.25) is 0 Å². The third kappa shape index (κ3) is 3.17. The van der Waals surface area contributed by atoms with Gasteiger partial charge in [-0.15, -0.1) is 0 Å². The van der Waals surface area contributed by atoms with Gasteiger partial charge in [0.15, 0.2) is 0 Å². The third-order valence-corrected chi connectivity index (χ3v) is 3.96. The first kappa shape index (κ1) is 15.8.